The Balaban J connectivity index is 2.93. The molecule has 13 heavy (non-hydrogen) atoms. The second kappa shape index (κ2) is 4.46. The first kappa shape index (κ1) is 10.3. The quantitative estimate of drug-likeness (QED) is 0.693. The molecule has 0 aliphatic rings. The van der Waals surface area contributed by atoms with Crippen LogP contribution in [0.5, 0.6) is 5.75 Å². The Kier molecular flexibility index (Phi) is 3.54. The van der Waals surface area contributed by atoms with Crippen molar-refractivity contribution in [2.24, 2.45) is 5.73 Å². The smallest absolute Gasteiger partial charge is 0.139 e. The molecule has 4 heteroatoms. The van der Waals surface area contributed by atoms with E-state index < -0.39 is 6.10 Å². The number of para-hydroxylation sites is 1. The van der Waals surface area contributed by atoms with Gasteiger partial charge in [-0.2, -0.15) is 0 Å². The van der Waals surface area contributed by atoms with Crippen LogP contribution < -0.4 is 5.73 Å². The number of aliphatic hydroxyl groups excluding tert-OH is 1. The molecule has 0 amide bonds. The summed E-state index contributed by atoms with van der Waals surface area (Å²) in [5.41, 5.74) is 5.71. The number of phenolic OH excluding ortho intramolecular Hbond substituents is 1. The van der Waals surface area contributed by atoms with Crippen LogP contribution in [0.25, 0.3) is 0 Å². The predicted octanol–water partition coefficient (Wildman–Crippen LogP) is 1.43. The van der Waals surface area contributed by atoms with Crippen LogP contribution in [0.4, 0.5) is 0 Å². The number of aliphatic hydroxyl groups is 1. The van der Waals surface area contributed by atoms with Crippen molar-refractivity contribution < 1.29 is 10.2 Å². The monoisotopic (exact) mass is 201 g/mol. The summed E-state index contributed by atoms with van der Waals surface area (Å²) >= 11 is 5.67. The van der Waals surface area contributed by atoms with Gasteiger partial charge in [-0.15, -0.1) is 0 Å². The Labute approximate surface area is 81.8 Å². The highest BCUT2D eigenvalue weighted by molar-refractivity contribution is 6.32. The highest BCUT2D eigenvalue weighted by Crippen LogP contribution is 2.32. The van der Waals surface area contributed by atoms with Crippen LogP contribution in [0.1, 0.15) is 18.1 Å². The molecule has 0 aliphatic carbocycles. The molecule has 1 atom stereocenters. The fourth-order valence-corrected chi connectivity index (χ4v) is 1.30. The van der Waals surface area contributed by atoms with Crippen molar-refractivity contribution in [3.05, 3.63) is 28.8 Å². The number of hydrogen-bond acceptors (Lipinski definition) is 3. The van der Waals surface area contributed by atoms with E-state index in [1.54, 1.807) is 18.2 Å². The Bertz CT molecular complexity index is 291. The van der Waals surface area contributed by atoms with E-state index in [2.05, 4.69) is 0 Å². The van der Waals surface area contributed by atoms with Gasteiger partial charge in [0, 0.05) is 5.56 Å². The molecule has 0 unspecified atom stereocenters. The van der Waals surface area contributed by atoms with Crippen molar-refractivity contribution in [3.8, 4) is 5.75 Å². The number of rotatable bonds is 3. The molecular weight excluding hydrogens is 190 g/mol. The molecule has 0 aromatic heterocycles. The van der Waals surface area contributed by atoms with Gasteiger partial charge in [-0.25, -0.2) is 0 Å². The first-order valence-corrected chi connectivity index (χ1v) is 4.40. The summed E-state index contributed by atoms with van der Waals surface area (Å²) < 4.78 is 0. The van der Waals surface area contributed by atoms with Crippen molar-refractivity contribution in [2.45, 2.75) is 12.5 Å². The highest BCUT2D eigenvalue weighted by Gasteiger charge is 2.12. The van der Waals surface area contributed by atoms with Gasteiger partial charge in [0.2, 0.25) is 0 Å². The van der Waals surface area contributed by atoms with Crippen LogP contribution in [-0.4, -0.2) is 16.8 Å². The Morgan fingerprint density at radius 3 is 2.77 bits per heavy atom. The van der Waals surface area contributed by atoms with Gasteiger partial charge in [-0.1, -0.05) is 23.7 Å². The molecule has 1 aromatic carbocycles. The van der Waals surface area contributed by atoms with Crippen LogP contribution >= 0.6 is 11.6 Å². The summed E-state index contributed by atoms with van der Waals surface area (Å²) in [6, 6.07) is 4.87. The Morgan fingerprint density at radius 1 is 1.46 bits per heavy atom. The lowest BCUT2D eigenvalue weighted by Gasteiger charge is -2.11. The third-order valence-electron chi connectivity index (χ3n) is 1.82. The molecule has 0 saturated heterocycles. The SMILES string of the molecule is NCC[C@@H](O)c1cccc(Cl)c1O. The Hall–Kier alpha value is -0.770. The Morgan fingerprint density at radius 2 is 2.15 bits per heavy atom. The molecule has 0 saturated carbocycles. The fourth-order valence-electron chi connectivity index (χ4n) is 1.11. The largest absolute Gasteiger partial charge is 0.506 e. The predicted molar refractivity (Wildman–Crippen MR) is 51.7 cm³/mol. The molecular formula is C9H12ClNO2. The summed E-state index contributed by atoms with van der Waals surface area (Å²) in [6.07, 6.45) is -0.336. The third-order valence-corrected chi connectivity index (χ3v) is 2.12. The van der Waals surface area contributed by atoms with Crippen molar-refractivity contribution in [1.29, 1.82) is 0 Å². The lowest BCUT2D eigenvalue weighted by atomic mass is 10.1. The van der Waals surface area contributed by atoms with Crippen LogP contribution in [0, 0.1) is 0 Å². The van der Waals surface area contributed by atoms with Crippen molar-refractivity contribution >= 4 is 11.6 Å². The molecule has 0 radical (unpaired) electrons. The number of aromatic hydroxyl groups is 1. The van der Waals surface area contributed by atoms with E-state index in [4.69, 9.17) is 17.3 Å². The average molecular weight is 202 g/mol. The number of halogens is 1. The first-order valence-electron chi connectivity index (χ1n) is 4.02. The molecule has 0 heterocycles. The van der Waals surface area contributed by atoms with E-state index in [1.165, 1.54) is 0 Å². The topological polar surface area (TPSA) is 66.5 Å². The van der Waals surface area contributed by atoms with Gasteiger partial charge < -0.3 is 15.9 Å². The second-order valence-corrected chi connectivity index (χ2v) is 3.18. The summed E-state index contributed by atoms with van der Waals surface area (Å²) in [5.74, 6) is -0.0647. The highest BCUT2D eigenvalue weighted by atomic mass is 35.5. The molecule has 1 rings (SSSR count). The van der Waals surface area contributed by atoms with Gasteiger partial charge in [0.1, 0.15) is 5.75 Å². The van der Waals surface area contributed by atoms with E-state index in [0.29, 0.717) is 18.5 Å². The zero-order valence-electron chi connectivity index (χ0n) is 7.07. The standard InChI is InChI=1S/C9H12ClNO2/c10-7-3-1-2-6(9(7)13)8(12)4-5-11/h1-3,8,12-13H,4-5,11H2/t8-/m1/s1. The number of benzene rings is 1. The first-order chi connectivity index (χ1) is 6.16. The van der Waals surface area contributed by atoms with Crippen LogP contribution in [0.15, 0.2) is 18.2 Å². The maximum absolute atomic E-state index is 9.53. The maximum Gasteiger partial charge on any atom is 0.139 e. The van der Waals surface area contributed by atoms with E-state index in [-0.39, 0.29) is 10.8 Å². The third kappa shape index (κ3) is 2.34. The minimum absolute atomic E-state index is 0.0647. The van der Waals surface area contributed by atoms with E-state index in [0.717, 1.165) is 0 Å². The van der Waals surface area contributed by atoms with Gasteiger partial charge in [-0.3, -0.25) is 0 Å². The van der Waals surface area contributed by atoms with Gasteiger partial charge in [-0.05, 0) is 19.0 Å². The molecule has 4 N–H and O–H groups in total. The van der Waals surface area contributed by atoms with E-state index >= 15 is 0 Å². The van der Waals surface area contributed by atoms with Crippen LogP contribution in [0.2, 0.25) is 5.02 Å². The number of hydrogen-bond donors (Lipinski definition) is 3. The average Bonchev–Trinajstić information content (AvgIpc) is 2.10. The van der Waals surface area contributed by atoms with E-state index in [9.17, 15) is 10.2 Å². The van der Waals surface area contributed by atoms with Gasteiger partial charge >= 0.3 is 0 Å². The lowest BCUT2D eigenvalue weighted by Crippen LogP contribution is -2.06. The fraction of sp³-hybridized carbons (Fsp3) is 0.333. The molecule has 72 valence electrons. The summed E-state index contributed by atoms with van der Waals surface area (Å²) in [7, 11) is 0. The lowest BCUT2D eigenvalue weighted by molar-refractivity contribution is 0.166. The zero-order chi connectivity index (χ0) is 9.84. The summed E-state index contributed by atoms with van der Waals surface area (Å²) in [5, 5.41) is 19.2. The van der Waals surface area contributed by atoms with Crippen LogP contribution in [0.3, 0.4) is 0 Å². The minimum atomic E-state index is -0.747. The van der Waals surface area contributed by atoms with Crippen LogP contribution in [-0.2, 0) is 0 Å². The van der Waals surface area contributed by atoms with Gasteiger partial charge in [0.05, 0.1) is 11.1 Å². The molecule has 0 bridgehead atoms. The molecule has 0 aliphatic heterocycles. The summed E-state index contributed by atoms with van der Waals surface area (Å²) in [6.45, 7) is 0.368. The molecule has 3 nitrogen and oxygen atoms in total. The summed E-state index contributed by atoms with van der Waals surface area (Å²) in [4.78, 5) is 0. The van der Waals surface area contributed by atoms with Gasteiger partial charge in [0.15, 0.2) is 0 Å². The van der Waals surface area contributed by atoms with Crippen molar-refractivity contribution in [3.63, 3.8) is 0 Å². The van der Waals surface area contributed by atoms with Gasteiger partial charge in [0.25, 0.3) is 0 Å². The maximum atomic E-state index is 9.53. The normalized spacial score (nSPS) is 12.8. The molecule has 1 aromatic rings. The molecule has 0 spiro atoms. The zero-order valence-corrected chi connectivity index (χ0v) is 7.83. The molecule has 0 fully saturated rings. The van der Waals surface area contributed by atoms with Crippen molar-refractivity contribution in [1.82, 2.24) is 0 Å². The van der Waals surface area contributed by atoms with Crippen molar-refractivity contribution in [2.75, 3.05) is 6.54 Å². The minimum Gasteiger partial charge on any atom is -0.506 e. The van der Waals surface area contributed by atoms with E-state index in [1.807, 2.05) is 0 Å². The number of phenols is 1. The number of nitrogens with two attached hydrogens (primary N) is 1. The second-order valence-electron chi connectivity index (χ2n) is 2.77.